The molecule has 0 bridgehead atoms. The van der Waals surface area contributed by atoms with Crippen molar-refractivity contribution < 1.29 is 19.4 Å². The monoisotopic (exact) mass is 499 g/mol. The van der Waals surface area contributed by atoms with Crippen LogP contribution in [0, 0.1) is 0 Å². The van der Waals surface area contributed by atoms with Crippen LogP contribution in [0.5, 0.6) is 0 Å². The maximum Gasteiger partial charge on any atom is 0.319 e. The lowest BCUT2D eigenvalue weighted by atomic mass is 9.97. The number of benzene rings is 2. The zero-order valence-corrected chi connectivity index (χ0v) is 19.4. The highest BCUT2D eigenvalue weighted by Crippen LogP contribution is 2.23. The molecule has 1 saturated heterocycles. The van der Waals surface area contributed by atoms with Gasteiger partial charge in [-0.3, -0.25) is 4.79 Å². The normalized spacial score (nSPS) is 20.4. The van der Waals surface area contributed by atoms with Gasteiger partial charge in [0.15, 0.2) is 0 Å². The fraction of sp³-hybridized carbons (Fsp3) is 0.364. The summed E-state index contributed by atoms with van der Waals surface area (Å²) in [6.45, 7) is 0.163. The van der Waals surface area contributed by atoms with Gasteiger partial charge < -0.3 is 25.8 Å². The Morgan fingerprint density at radius 2 is 1.69 bits per heavy atom. The van der Waals surface area contributed by atoms with E-state index in [1.54, 1.807) is 42.5 Å². The van der Waals surface area contributed by atoms with E-state index in [0.29, 0.717) is 52.1 Å². The fourth-order valence-corrected chi connectivity index (χ4v) is 4.16. The molecule has 0 spiro atoms. The molecule has 1 aliphatic rings. The molecule has 3 amide bonds. The van der Waals surface area contributed by atoms with Crippen molar-refractivity contribution in [2.24, 2.45) is 0 Å². The highest BCUT2D eigenvalue weighted by atomic mass is 35.5. The lowest BCUT2D eigenvalue weighted by Crippen LogP contribution is -2.52. The molecule has 0 unspecified atom stereocenters. The topological polar surface area (TPSA) is 99.7 Å². The van der Waals surface area contributed by atoms with Gasteiger partial charge in [-0.2, -0.15) is 0 Å². The fourth-order valence-electron chi connectivity index (χ4n) is 3.51. The first kappa shape index (κ1) is 24.6. The van der Waals surface area contributed by atoms with Gasteiger partial charge in [0.25, 0.3) is 5.91 Å². The predicted octanol–water partition coefficient (Wildman–Crippen LogP) is 4.50. The second kappa shape index (κ2) is 11.7. The summed E-state index contributed by atoms with van der Waals surface area (Å²) in [4.78, 5) is 24.6. The van der Waals surface area contributed by atoms with Crippen LogP contribution in [0.15, 0.2) is 42.5 Å². The van der Waals surface area contributed by atoms with E-state index < -0.39 is 6.10 Å². The molecular formula is C22H24Cl3N3O4. The van der Waals surface area contributed by atoms with Gasteiger partial charge in [-0.15, -0.1) is 0 Å². The van der Waals surface area contributed by atoms with Gasteiger partial charge in [0.05, 0.1) is 18.8 Å². The summed E-state index contributed by atoms with van der Waals surface area (Å²) in [5.41, 5.74) is 0.995. The third-order valence-electron chi connectivity index (χ3n) is 5.09. The van der Waals surface area contributed by atoms with Crippen molar-refractivity contribution in [2.75, 3.05) is 18.5 Å². The molecule has 2 aromatic rings. The molecule has 1 heterocycles. The SMILES string of the molecule is O=C(Nc1ccc(Cl)cc1)N[C@@H]1CC[C@@H](CCNC(=O)c2cc(Cl)cc(Cl)c2)O[C@H]1CO. The summed E-state index contributed by atoms with van der Waals surface area (Å²) in [5, 5.41) is 19.5. The Labute approximate surface area is 201 Å². The molecule has 4 N–H and O–H groups in total. The second-order valence-electron chi connectivity index (χ2n) is 7.47. The van der Waals surface area contributed by atoms with Gasteiger partial charge in [0.2, 0.25) is 0 Å². The molecule has 3 atom stereocenters. The summed E-state index contributed by atoms with van der Waals surface area (Å²) < 4.78 is 5.94. The Morgan fingerprint density at radius 3 is 2.34 bits per heavy atom. The van der Waals surface area contributed by atoms with E-state index in [1.807, 2.05) is 0 Å². The summed E-state index contributed by atoms with van der Waals surface area (Å²) in [5.74, 6) is -0.276. The van der Waals surface area contributed by atoms with Crippen molar-refractivity contribution in [3.8, 4) is 0 Å². The highest BCUT2D eigenvalue weighted by Gasteiger charge is 2.31. The molecule has 0 saturated carbocycles. The van der Waals surface area contributed by atoms with Gasteiger partial charge in [-0.05, 0) is 61.7 Å². The Kier molecular flexibility index (Phi) is 9.02. The maximum atomic E-state index is 12.3. The van der Waals surface area contributed by atoms with Crippen molar-refractivity contribution in [2.45, 2.75) is 37.5 Å². The number of nitrogens with one attached hydrogen (secondary N) is 3. The minimum Gasteiger partial charge on any atom is -0.394 e. The van der Waals surface area contributed by atoms with Crippen LogP contribution in [-0.4, -0.2) is 48.4 Å². The van der Waals surface area contributed by atoms with Crippen LogP contribution < -0.4 is 16.0 Å². The van der Waals surface area contributed by atoms with Crippen LogP contribution in [-0.2, 0) is 4.74 Å². The Hall–Kier alpha value is -2.03. The number of carbonyl (C=O) groups excluding carboxylic acids is 2. The van der Waals surface area contributed by atoms with Crippen molar-refractivity contribution in [3.63, 3.8) is 0 Å². The summed E-state index contributed by atoms with van der Waals surface area (Å²) in [6, 6.07) is 10.7. The molecule has 0 aliphatic carbocycles. The minimum absolute atomic E-state index is 0.146. The zero-order chi connectivity index (χ0) is 23.1. The largest absolute Gasteiger partial charge is 0.394 e. The van der Waals surface area contributed by atoms with E-state index >= 15 is 0 Å². The van der Waals surface area contributed by atoms with Crippen molar-refractivity contribution >= 4 is 52.4 Å². The Morgan fingerprint density at radius 1 is 1.00 bits per heavy atom. The quantitative estimate of drug-likeness (QED) is 0.450. The van der Waals surface area contributed by atoms with Crippen molar-refractivity contribution in [1.29, 1.82) is 0 Å². The number of carbonyl (C=O) groups is 2. The second-order valence-corrected chi connectivity index (χ2v) is 8.78. The molecule has 32 heavy (non-hydrogen) atoms. The number of halogens is 3. The third kappa shape index (κ3) is 7.25. The van der Waals surface area contributed by atoms with Crippen LogP contribution >= 0.6 is 34.8 Å². The van der Waals surface area contributed by atoms with Crippen LogP contribution in [0.2, 0.25) is 15.1 Å². The number of rotatable bonds is 7. The van der Waals surface area contributed by atoms with Crippen molar-refractivity contribution in [1.82, 2.24) is 10.6 Å². The lowest BCUT2D eigenvalue weighted by molar-refractivity contribution is -0.0886. The van der Waals surface area contributed by atoms with Gasteiger partial charge in [-0.25, -0.2) is 4.79 Å². The van der Waals surface area contributed by atoms with Gasteiger partial charge in [0, 0.05) is 32.9 Å². The number of aliphatic hydroxyl groups is 1. The minimum atomic E-state index is -0.535. The number of hydrogen-bond acceptors (Lipinski definition) is 4. The first-order valence-electron chi connectivity index (χ1n) is 10.2. The number of aliphatic hydroxyl groups excluding tert-OH is 1. The van der Waals surface area contributed by atoms with Gasteiger partial charge in [-0.1, -0.05) is 34.8 Å². The molecule has 2 aromatic carbocycles. The summed E-state index contributed by atoms with van der Waals surface area (Å²) in [7, 11) is 0. The first-order valence-corrected chi connectivity index (χ1v) is 11.3. The van der Waals surface area contributed by atoms with Crippen LogP contribution in [0.3, 0.4) is 0 Å². The van der Waals surface area contributed by atoms with Crippen LogP contribution in [0.4, 0.5) is 10.5 Å². The average molecular weight is 501 g/mol. The first-order chi connectivity index (χ1) is 15.3. The van der Waals surface area contributed by atoms with E-state index in [9.17, 15) is 14.7 Å². The van der Waals surface area contributed by atoms with Gasteiger partial charge in [0.1, 0.15) is 6.10 Å². The molecule has 0 radical (unpaired) electrons. The summed E-state index contributed by atoms with van der Waals surface area (Å²) >= 11 is 17.7. The highest BCUT2D eigenvalue weighted by molar-refractivity contribution is 6.35. The number of ether oxygens (including phenoxy) is 1. The Balaban J connectivity index is 1.44. The number of amides is 3. The molecule has 3 rings (SSSR count). The molecule has 172 valence electrons. The third-order valence-corrected chi connectivity index (χ3v) is 5.78. The standard InChI is InChI=1S/C22H24Cl3N3O4/c23-14-1-3-17(4-2-14)27-22(31)28-19-6-5-18(32-20(19)12-29)7-8-26-21(30)13-9-15(24)11-16(25)10-13/h1-4,9-11,18-20,29H,5-8,12H2,(H,26,30)(H2,27,28,31)/t18-,19+,20-/m0/s1. The molecule has 1 aliphatic heterocycles. The average Bonchev–Trinajstić information content (AvgIpc) is 2.75. The van der Waals surface area contributed by atoms with E-state index in [2.05, 4.69) is 16.0 Å². The van der Waals surface area contributed by atoms with Gasteiger partial charge >= 0.3 is 6.03 Å². The smallest absolute Gasteiger partial charge is 0.319 e. The molecule has 0 aromatic heterocycles. The maximum absolute atomic E-state index is 12.3. The number of anilines is 1. The predicted molar refractivity (Wildman–Crippen MR) is 126 cm³/mol. The number of urea groups is 1. The lowest BCUT2D eigenvalue weighted by Gasteiger charge is -2.36. The van der Waals surface area contributed by atoms with Crippen LogP contribution in [0.25, 0.3) is 0 Å². The van der Waals surface area contributed by atoms with Crippen LogP contribution in [0.1, 0.15) is 29.6 Å². The Bertz CT molecular complexity index is 922. The summed E-state index contributed by atoms with van der Waals surface area (Å²) in [6.07, 6.45) is 1.21. The van der Waals surface area contributed by atoms with E-state index in [1.165, 1.54) is 0 Å². The van der Waals surface area contributed by atoms with E-state index in [-0.39, 0.29) is 30.7 Å². The molecule has 10 heteroatoms. The number of hydrogen-bond donors (Lipinski definition) is 4. The van der Waals surface area contributed by atoms with E-state index in [4.69, 9.17) is 39.5 Å². The van der Waals surface area contributed by atoms with E-state index in [0.717, 1.165) is 0 Å². The molecular weight excluding hydrogens is 477 g/mol. The van der Waals surface area contributed by atoms with Crippen molar-refractivity contribution in [3.05, 3.63) is 63.1 Å². The molecule has 1 fully saturated rings. The molecule has 7 nitrogen and oxygen atoms in total. The zero-order valence-electron chi connectivity index (χ0n) is 17.1.